The van der Waals surface area contributed by atoms with Gasteiger partial charge in [0.15, 0.2) is 0 Å². The Morgan fingerprint density at radius 1 is 1.31 bits per heavy atom. The summed E-state index contributed by atoms with van der Waals surface area (Å²) in [5.41, 5.74) is 0.753. The Balaban J connectivity index is 1.50. The van der Waals surface area contributed by atoms with Crippen molar-refractivity contribution in [1.82, 2.24) is 10.2 Å². The Hall–Kier alpha value is -1.83. The number of hydrogen-bond donors (Lipinski definition) is 1. The summed E-state index contributed by atoms with van der Waals surface area (Å²) in [6.07, 6.45) is 6.39. The number of allylic oxidation sites excluding steroid dienone is 1. The number of nitrogens with one attached hydrogen (secondary N) is 1. The summed E-state index contributed by atoms with van der Waals surface area (Å²) in [4.78, 5) is 30.6. The third-order valence-electron chi connectivity index (χ3n) is 9.46. The molecule has 1 saturated heterocycles. The van der Waals surface area contributed by atoms with E-state index in [0.717, 1.165) is 25.7 Å². The van der Waals surface area contributed by atoms with Crippen molar-refractivity contribution in [1.29, 1.82) is 0 Å². The SMILES string of the molecule is [C-]#[N+][C@@]12CCC(=C)[C@H]3[C@H](CC(C)(C)NC(=O)CN4C[C@H](C)C4=O)C[C@H](C)[C@@H](CC[C@@H]1C)[C@@H]32. The predicted octanol–water partition coefficient (Wildman–Crippen LogP) is 4.69. The maximum Gasteiger partial charge on any atom is 0.240 e. The first-order valence-corrected chi connectivity index (χ1v) is 12.6. The average Bonchev–Trinajstić information content (AvgIpc) is 2.72. The molecule has 4 rings (SSSR count). The fourth-order valence-electron chi connectivity index (χ4n) is 7.99. The van der Waals surface area contributed by atoms with Crippen LogP contribution in [0.2, 0.25) is 0 Å². The van der Waals surface area contributed by atoms with E-state index in [0.29, 0.717) is 42.1 Å². The molecule has 176 valence electrons. The van der Waals surface area contributed by atoms with Crippen LogP contribution in [0.25, 0.3) is 4.85 Å². The molecule has 1 N–H and O–H groups in total. The Kier molecular flexibility index (Phi) is 5.97. The molecule has 5 heteroatoms. The number of carbonyl (C=O) groups excluding carboxylic acids is 2. The van der Waals surface area contributed by atoms with Gasteiger partial charge < -0.3 is 15.1 Å². The van der Waals surface area contributed by atoms with E-state index in [1.807, 2.05) is 6.92 Å². The molecule has 0 spiro atoms. The predicted molar refractivity (Wildman–Crippen MR) is 126 cm³/mol. The quantitative estimate of drug-likeness (QED) is 0.384. The maximum atomic E-state index is 12.7. The number of nitrogens with zero attached hydrogens (tertiary/aromatic N) is 2. The van der Waals surface area contributed by atoms with Gasteiger partial charge in [-0.25, -0.2) is 6.57 Å². The Morgan fingerprint density at radius 3 is 2.66 bits per heavy atom. The third-order valence-corrected chi connectivity index (χ3v) is 9.46. The second kappa shape index (κ2) is 8.19. The minimum atomic E-state index is -0.355. The van der Waals surface area contributed by atoms with Gasteiger partial charge in [-0.05, 0) is 69.6 Å². The van der Waals surface area contributed by atoms with Crippen LogP contribution >= 0.6 is 0 Å². The van der Waals surface area contributed by atoms with E-state index >= 15 is 0 Å². The number of hydrogen-bond acceptors (Lipinski definition) is 2. The fourth-order valence-corrected chi connectivity index (χ4v) is 7.99. The lowest BCUT2D eigenvalue weighted by molar-refractivity contribution is -0.150. The molecule has 8 atom stereocenters. The monoisotopic (exact) mass is 439 g/mol. The van der Waals surface area contributed by atoms with Crippen LogP contribution in [0.15, 0.2) is 12.2 Å². The third kappa shape index (κ3) is 3.78. The molecule has 0 aromatic carbocycles. The second-order valence-corrected chi connectivity index (χ2v) is 12.2. The highest BCUT2D eigenvalue weighted by Gasteiger charge is 2.64. The van der Waals surface area contributed by atoms with E-state index in [1.54, 1.807) is 4.90 Å². The van der Waals surface area contributed by atoms with E-state index in [-0.39, 0.29) is 35.4 Å². The molecule has 0 bridgehead atoms. The van der Waals surface area contributed by atoms with Crippen molar-refractivity contribution >= 4 is 11.8 Å². The first kappa shape index (κ1) is 23.3. The molecule has 0 radical (unpaired) electrons. The van der Waals surface area contributed by atoms with Crippen molar-refractivity contribution in [3.8, 4) is 0 Å². The lowest BCUT2D eigenvalue weighted by Gasteiger charge is -2.58. The van der Waals surface area contributed by atoms with Crippen LogP contribution in [0, 0.1) is 48.0 Å². The molecule has 4 aliphatic rings. The van der Waals surface area contributed by atoms with Crippen molar-refractivity contribution in [2.75, 3.05) is 13.1 Å². The number of carbonyl (C=O) groups is 2. The molecule has 0 aromatic rings. The molecule has 0 unspecified atom stereocenters. The average molecular weight is 440 g/mol. The minimum absolute atomic E-state index is 0.0467. The van der Waals surface area contributed by atoms with Crippen LogP contribution in [-0.2, 0) is 9.59 Å². The highest BCUT2D eigenvalue weighted by atomic mass is 16.2. The summed E-state index contributed by atoms with van der Waals surface area (Å²) >= 11 is 0. The lowest BCUT2D eigenvalue weighted by Crippen LogP contribution is -2.60. The van der Waals surface area contributed by atoms with E-state index < -0.39 is 0 Å². The number of likely N-dealkylation sites (tertiary alicyclic amines) is 1. The van der Waals surface area contributed by atoms with Crippen LogP contribution in [0.3, 0.4) is 0 Å². The van der Waals surface area contributed by atoms with Crippen LogP contribution < -0.4 is 5.32 Å². The smallest absolute Gasteiger partial charge is 0.240 e. The standard InChI is InChI=1S/C27H41N3O2/c1-16-10-11-27(28-7)19(4)8-9-21-17(2)12-20(23(16)24(21)27)13-26(5,6)29-22(31)15-30-14-18(3)25(30)32/h17-21,23-24H,1,8-15H2,2-6H3,(H,29,31)/t17-,18-,19-,20-,21+,23-,24-,27-/m0/s1. The lowest BCUT2D eigenvalue weighted by atomic mass is 9.45. The van der Waals surface area contributed by atoms with Gasteiger partial charge in [0, 0.05) is 30.3 Å². The largest absolute Gasteiger partial charge is 0.350 e. The maximum absolute atomic E-state index is 12.7. The molecule has 3 saturated carbocycles. The topological polar surface area (TPSA) is 53.8 Å². The molecule has 5 nitrogen and oxygen atoms in total. The molecule has 1 aliphatic heterocycles. The summed E-state index contributed by atoms with van der Waals surface area (Å²) in [5, 5.41) is 3.22. The summed E-state index contributed by atoms with van der Waals surface area (Å²) in [6, 6.07) is 0. The number of amides is 2. The van der Waals surface area contributed by atoms with Crippen molar-refractivity contribution < 1.29 is 9.59 Å². The molecule has 32 heavy (non-hydrogen) atoms. The van der Waals surface area contributed by atoms with Gasteiger partial charge in [-0.1, -0.05) is 32.9 Å². The zero-order chi connectivity index (χ0) is 23.4. The fraction of sp³-hybridized carbons (Fsp3) is 0.815. The van der Waals surface area contributed by atoms with Gasteiger partial charge in [0.05, 0.1) is 12.5 Å². The van der Waals surface area contributed by atoms with Crippen LogP contribution in [0.4, 0.5) is 0 Å². The van der Waals surface area contributed by atoms with E-state index in [1.165, 1.54) is 18.4 Å². The normalized spacial score (nSPS) is 41.4. The Labute approximate surface area is 194 Å². The Morgan fingerprint density at radius 2 is 2.03 bits per heavy atom. The van der Waals surface area contributed by atoms with Crippen LogP contribution in [-0.4, -0.2) is 40.9 Å². The van der Waals surface area contributed by atoms with Gasteiger partial charge in [-0.2, -0.15) is 0 Å². The Bertz CT molecular complexity index is 842. The van der Waals surface area contributed by atoms with Crippen molar-refractivity contribution in [2.45, 2.75) is 84.2 Å². The van der Waals surface area contributed by atoms with Gasteiger partial charge in [0.1, 0.15) is 0 Å². The van der Waals surface area contributed by atoms with Gasteiger partial charge >= 0.3 is 0 Å². The van der Waals surface area contributed by atoms with Gasteiger partial charge in [-0.15, -0.1) is 0 Å². The van der Waals surface area contributed by atoms with Crippen molar-refractivity contribution in [3.05, 3.63) is 23.6 Å². The van der Waals surface area contributed by atoms with Crippen molar-refractivity contribution in [2.24, 2.45) is 41.4 Å². The first-order chi connectivity index (χ1) is 15.0. The van der Waals surface area contributed by atoms with Crippen LogP contribution in [0.5, 0.6) is 0 Å². The highest BCUT2D eigenvalue weighted by Crippen LogP contribution is 2.63. The van der Waals surface area contributed by atoms with E-state index in [9.17, 15) is 9.59 Å². The van der Waals surface area contributed by atoms with Crippen LogP contribution in [0.1, 0.15) is 73.1 Å². The first-order valence-electron chi connectivity index (χ1n) is 12.6. The number of β-lactam (4-membered cyclic amide) rings is 1. The summed E-state index contributed by atoms with van der Waals surface area (Å²) in [6.45, 7) is 24.4. The van der Waals surface area contributed by atoms with Crippen molar-refractivity contribution in [3.63, 3.8) is 0 Å². The van der Waals surface area contributed by atoms with E-state index in [2.05, 4.69) is 44.4 Å². The van der Waals surface area contributed by atoms with E-state index in [4.69, 9.17) is 6.57 Å². The molecule has 0 aromatic heterocycles. The minimum Gasteiger partial charge on any atom is -0.350 e. The zero-order valence-electron chi connectivity index (χ0n) is 20.6. The summed E-state index contributed by atoms with van der Waals surface area (Å²) in [5.74, 6) is 2.96. The molecule has 2 amide bonds. The summed E-state index contributed by atoms with van der Waals surface area (Å²) < 4.78 is 0. The van der Waals surface area contributed by atoms with Gasteiger partial charge in [0.25, 0.3) is 0 Å². The van der Waals surface area contributed by atoms with Gasteiger partial charge in [0.2, 0.25) is 17.4 Å². The van der Waals surface area contributed by atoms with Gasteiger partial charge in [-0.3, -0.25) is 9.59 Å². The zero-order valence-corrected chi connectivity index (χ0v) is 20.6. The molecular weight excluding hydrogens is 398 g/mol. The second-order valence-electron chi connectivity index (χ2n) is 12.2. The molecule has 1 heterocycles. The molecular formula is C27H41N3O2. The molecule has 3 aliphatic carbocycles. The summed E-state index contributed by atoms with van der Waals surface area (Å²) in [7, 11) is 0. The highest BCUT2D eigenvalue weighted by molar-refractivity contribution is 5.89. The number of rotatable bonds is 5. The molecule has 4 fully saturated rings.